The summed E-state index contributed by atoms with van der Waals surface area (Å²) in [6.45, 7) is 5.22. The molecule has 0 spiro atoms. The monoisotopic (exact) mass is 358 g/mol. The third-order valence-corrected chi connectivity index (χ3v) is 4.67. The van der Waals surface area contributed by atoms with Crippen molar-refractivity contribution in [2.45, 2.75) is 44.8 Å². The van der Waals surface area contributed by atoms with Gasteiger partial charge in [-0.1, -0.05) is 23.4 Å². The van der Waals surface area contributed by atoms with Gasteiger partial charge in [0, 0.05) is 12.6 Å². The summed E-state index contributed by atoms with van der Waals surface area (Å²) in [5, 5.41) is 19.2. The zero-order valence-corrected chi connectivity index (χ0v) is 15.3. The van der Waals surface area contributed by atoms with Crippen LogP contribution in [0.25, 0.3) is 0 Å². The second-order valence-electron chi connectivity index (χ2n) is 7.04. The van der Waals surface area contributed by atoms with Crippen molar-refractivity contribution in [1.82, 2.24) is 19.9 Å². The summed E-state index contributed by atoms with van der Waals surface area (Å²) >= 11 is 0. The third kappa shape index (κ3) is 4.22. The second-order valence-corrected chi connectivity index (χ2v) is 7.04. The topological polar surface area (TPSA) is 80.5 Å². The standard InChI is InChI=1S/C19H26N4O3/c1-15(2)23-13-17(20-21-23)19(25)10-6-11-22(14-19)18(24)9-12-26-16-7-4-3-5-8-16/h3-5,7-8,13,15,25H,6,9-12,14H2,1-2H3/t19-/m1/s1. The van der Waals surface area contributed by atoms with Crippen LogP contribution in [0.2, 0.25) is 0 Å². The van der Waals surface area contributed by atoms with Crippen molar-refractivity contribution in [3.8, 4) is 5.75 Å². The van der Waals surface area contributed by atoms with E-state index in [-0.39, 0.29) is 24.9 Å². The molecule has 0 unspecified atom stereocenters. The van der Waals surface area contributed by atoms with Crippen LogP contribution in [-0.2, 0) is 10.4 Å². The summed E-state index contributed by atoms with van der Waals surface area (Å²) in [6.07, 6.45) is 3.37. The van der Waals surface area contributed by atoms with Gasteiger partial charge in [-0.25, -0.2) is 4.68 Å². The van der Waals surface area contributed by atoms with E-state index in [0.717, 1.165) is 12.2 Å². The first-order valence-electron chi connectivity index (χ1n) is 9.08. The lowest BCUT2D eigenvalue weighted by Crippen LogP contribution is -2.49. The molecule has 140 valence electrons. The number of β-amino-alcohol motifs (C(OH)–C–C–N with tert-alkyl or cyclic N) is 1. The van der Waals surface area contributed by atoms with Crippen LogP contribution in [0.5, 0.6) is 5.75 Å². The SMILES string of the molecule is CC(C)n1cc([C@@]2(O)CCCN(C(=O)CCOc3ccccc3)C2)nn1. The second kappa shape index (κ2) is 7.86. The lowest BCUT2D eigenvalue weighted by molar-refractivity contribution is -0.139. The fraction of sp³-hybridized carbons (Fsp3) is 0.526. The van der Waals surface area contributed by atoms with E-state index in [1.54, 1.807) is 15.8 Å². The van der Waals surface area contributed by atoms with Crippen molar-refractivity contribution in [1.29, 1.82) is 0 Å². The van der Waals surface area contributed by atoms with Gasteiger partial charge in [0.05, 0.1) is 25.8 Å². The number of aliphatic hydroxyl groups is 1. The molecule has 3 rings (SSSR count). The molecule has 2 aromatic rings. The van der Waals surface area contributed by atoms with Crippen LogP contribution in [0.1, 0.15) is 44.8 Å². The number of amides is 1. The Kier molecular flexibility index (Phi) is 5.56. The first-order chi connectivity index (χ1) is 12.5. The molecule has 1 aromatic carbocycles. The van der Waals surface area contributed by atoms with Crippen LogP contribution >= 0.6 is 0 Å². The van der Waals surface area contributed by atoms with Crippen LogP contribution in [0.15, 0.2) is 36.5 Å². The van der Waals surface area contributed by atoms with Crippen LogP contribution < -0.4 is 4.74 Å². The quantitative estimate of drug-likeness (QED) is 0.856. The Balaban J connectivity index is 1.57. The van der Waals surface area contributed by atoms with Gasteiger partial charge in [0.1, 0.15) is 17.0 Å². The number of hydrogen-bond acceptors (Lipinski definition) is 5. The molecule has 7 heteroatoms. The van der Waals surface area contributed by atoms with Gasteiger partial charge in [0.2, 0.25) is 5.91 Å². The lowest BCUT2D eigenvalue weighted by Gasteiger charge is -2.38. The molecule has 26 heavy (non-hydrogen) atoms. The Labute approximate surface area is 153 Å². The number of para-hydroxylation sites is 1. The first-order valence-corrected chi connectivity index (χ1v) is 9.08. The number of carbonyl (C=O) groups excluding carboxylic acids is 1. The maximum Gasteiger partial charge on any atom is 0.226 e. The summed E-state index contributed by atoms with van der Waals surface area (Å²) in [6, 6.07) is 9.61. The molecular weight excluding hydrogens is 332 g/mol. The largest absolute Gasteiger partial charge is 0.493 e. The molecule has 0 aliphatic carbocycles. The molecule has 7 nitrogen and oxygen atoms in total. The van der Waals surface area contributed by atoms with Crippen molar-refractivity contribution in [3.63, 3.8) is 0 Å². The molecule has 0 bridgehead atoms. The Morgan fingerprint density at radius 1 is 1.35 bits per heavy atom. The van der Waals surface area contributed by atoms with Gasteiger partial charge in [0.25, 0.3) is 0 Å². The number of hydrogen-bond donors (Lipinski definition) is 1. The summed E-state index contributed by atoms with van der Waals surface area (Å²) in [5.74, 6) is 0.732. The Morgan fingerprint density at radius 2 is 2.12 bits per heavy atom. The van der Waals surface area contributed by atoms with E-state index in [1.165, 1.54) is 0 Å². The van der Waals surface area contributed by atoms with E-state index < -0.39 is 5.60 Å². The third-order valence-electron chi connectivity index (χ3n) is 4.67. The summed E-state index contributed by atoms with van der Waals surface area (Å²) in [7, 11) is 0. The van der Waals surface area contributed by atoms with Crippen molar-refractivity contribution < 1.29 is 14.6 Å². The van der Waals surface area contributed by atoms with Gasteiger partial charge in [-0.05, 0) is 38.8 Å². The molecule has 0 radical (unpaired) electrons. The minimum Gasteiger partial charge on any atom is -0.493 e. The summed E-state index contributed by atoms with van der Waals surface area (Å²) in [5.41, 5.74) is -0.606. The van der Waals surface area contributed by atoms with Crippen molar-refractivity contribution in [2.75, 3.05) is 19.7 Å². The number of nitrogens with zero attached hydrogens (tertiary/aromatic N) is 4. The Hall–Kier alpha value is -2.41. The highest BCUT2D eigenvalue weighted by Crippen LogP contribution is 2.30. The van der Waals surface area contributed by atoms with E-state index in [2.05, 4.69) is 10.3 Å². The number of carbonyl (C=O) groups is 1. The molecule has 1 atom stereocenters. The lowest BCUT2D eigenvalue weighted by atomic mass is 9.90. The maximum atomic E-state index is 12.5. The maximum absolute atomic E-state index is 12.5. The van der Waals surface area contributed by atoms with Gasteiger partial charge in [0.15, 0.2) is 0 Å². The highest BCUT2D eigenvalue weighted by Gasteiger charge is 2.39. The van der Waals surface area contributed by atoms with E-state index in [1.807, 2.05) is 44.2 Å². The number of ether oxygens (including phenoxy) is 1. The molecule has 1 aromatic heterocycles. The molecule has 1 N–H and O–H groups in total. The number of rotatable bonds is 6. The predicted molar refractivity (Wildman–Crippen MR) is 96.7 cm³/mol. The molecule has 1 fully saturated rings. The first kappa shape index (κ1) is 18.4. The van der Waals surface area contributed by atoms with Gasteiger partial charge < -0.3 is 14.7 Å². The molecular formula is C19H26N4O3. The minimum atomic E-state index is -1.14. The zero-order chi connectivity index (χ0) is 18.6. The smallest absolute Gasteiger partial charge is 0.226 e. The molecule has 2 heterocycles. The zero-order valence-electron chi connectivity index (χ0n) is 15.3. The van der Waals surface area contributed by atoms with Crippen LogP contribution in [0.3, 0.4) is 0 Å². The molecule has 1 saturated heterocycles. The van der Waals surface area contributed by atoms with Gasteiger partial charge >= 0.3 is 0 Å². The number of piperidine rings is 1. The average Bonchev–Trinajstić information content (AvgIpc) is 3.14. The molecule has 1 aliphatic heterocycles. The predicted octanol–water partition coefficient (Wildman–Crippen LogP) is 2.14. The van der Waals surface area contributed by atoms with Crippen molar-refractivity contribution in [2.24, 2.45) is 0 Å². The van der Waals surface area contributed by atoms with Crippen LogP contribution in [0, 0.1) is 0 Å². The molecule has 1 aliphatic rings. The van der Waals surface area contributed by atoms with Crippen molar-refractivity contribution >= 4 is 5.91 Å². The van der Waals surface area contributed by atoms with Crippen molar-refractivity contribution in [3.05, 3.63) is 42.2 Å². The van der Waals surface area contributed by atoms with E-state index >= 15 is 0 Å². The van der Waals surface area contributed by atoms with Gasteiger partial charge in [-0.15, -0.1) is 5.10 Å². The van der Waals surface area contributed by atoms with Gasteiger partial charge in [-0.2, -0.15) is 0 Å². The fourth-order valence-corrected chi connectivity index (χ4v) is 3.13. The normalized spacial score (nSPS) is 20.4. The average molecular weight is 358 g/mol. The molecule has 1 amide bonds. The highest BCUT2D eigenvalue weighted by atomic mass is 16.5. The summed E-state index contributed by atoms with van der Waals surface area (Å²) in [4.78, 5) is 14.2. The summed E-state index contributed by atoms with van der Waals surface area (Å²) < 4.78 is 7.32. The van der Waals surface area contributed by atoms with Crippen LogP contribution in [-0.4, -0.2) is 50.6 Å². The fourth-order valence-electron chi connectivity index (χ4n) is 3.13. The van der Waals surface area contributed by atoms with Gasteiger partial charge in [-0.3, -0.25) is 4.79 Å². The minimum absolute atomic E-state index is 0.0182. The van der Waals surface area contributed by atoms with E-state index in [4.69, 9.17) is 4.74 Å². The molecule has 0 saturated carbocycles. The Morgan fingerprint density at radius 3 is 2.81 bits per heavy atom. The van der Waals surface area contributed by atoms with E-state index in [0.29, 0.717) is 25.3 Å². The number of benzene rings is 1. The van der Waals surface area contributed by atoms with E-state index in [9.17, 15) is 9.90 Å². The van der Waals surface area contributed by atoms with Crippen LogP contribution in [0.4, 0.5) is 0 Å². The Bertz CT molecular complexity index is 731. The highest BCUT2D eigenvalue weighted by molar-refractivity contribution is 5.76. The number of aromatic nitrogens is 3. The number of likely N-dealkylation sites (tertiary alicyclic amines) is 1.